The van der Waals surface area contributed by atoms with Gasteiger partial charge in [-0.15, -0.1) is 0 Å². The van der Waals surface area contributed by atoms with Crippen molar-refractivity contribution in [2.24, 2.45) is 0 Å². The maximum absolute atomic E-state index is 6.14. The number of rotatable bonds is 2. The van der Waals surface area contributed by atoms with Crippen molar-refractivity contribution in [2.45, 2.75) is 57.7 Å². The van der Waals surface area contributed by atoms with Crippen LogP contribution in [0.2, 0.25) is 5.02 Å². The third-order valence-corrected chi connectivity index (χ3v) is 3.59. The van der Waals surface area contributed by atoms with Crippen LogP contribution in [0.15, 0.2) is 18.3 Å². The first-order chi connectivity index (χ1) is 8.27. The smallest absolute Gasteiger partial charge is 0.144 e. The number of hydrogen-bond acceptors (Lipinski definition) is 3. The summed E-state index contributed by atoms with van der Waals surface area (Å²) in [5.41, 5.74) is 0.251. The number of aromatic nitrogens is 1. The predicted molar refractivity (Wildman–Crippen MR) is 77.2 cm³/mol. The van der Waals surface area contributed by atoms with E-state index in [9.17, 15) is 0 Å². The van der Waals surface area contributed by atoms with Gasteiger partial charge < -0.3 is 10.6 Å². The van der Waals surface area contributed by atoms with Crippen molar-refractivity contribution >= 4 is 17.4 Å². The average molecular weight is 268 g/mol. The molecule has 2 heterocycles. The lowest BCUT2D eigenvalue weighted by molar-refractivity contribution is 0.170. The number of nitrogens with zero attached hydrogens (tertiary/aromatic N) is 1. The molecule has 2 rings (SSSR count). The van der Waals surface area contributed by atoms with Crippen LogP contribution in [0.5, 0.6) is 0 Å². The third-order valence-electron chi connectivity index (χ3n) is 3.29. The van der Waals surface area contributed by atoms with Crippen molar-refractivity contribution in [3.63, 3.8) is 0 Å². The van der Waals surface area contributed by atoms with E-state index in [1.807, 2.05) is 12.1 Å². The molecule has 0 atom stereocenters. The van der Waals surface area contributed by atoms with Gasteiger partial charge in [0.1, 0.15) is 5.82 Å². The Kier molecular flexibility index (Phi) is 3.56. The Morgan fingerprint density at radius 2 is 1.89 bits per heavy atom. The Labute approximate surface area is 114 Å². The minimum absolute atomic E-state index is 0.126. The summed E-state index contributed by atoms with van der Waals surface area (Å²) in [6, 6.07) is 4.11. The second-order valence-corrected chi connectivity index (χ2v) is 6.88. The van der Waals surface area contributed by atoms with Gasteiger partial charge in [-0.3, -0.25) is 0 Å². The topological polar surface area (TPSA) is 37.0 Å². The van der Waals surface area contributed by atoms with Crippen molar-refractivity contribution in [2.75, 3.05) is 5.32 Å². The first-order valence-electron chi connectivity index (χ1n) is 6.44. The van der Waals surface area contributed by atoms with Crippen molar-refractivity contribution in [3.8, 4) is 0 Å². The minimum Gasteiger partial charge on any atom is -0.366 e. The van der Waals surface area contributed by atoms with E-state index in [-0.39, 0.29) is 11.1 Å². The zero-order chi connectivity index (χ0) is 13.4. The summed E-state index contributed by atoms with van der Waals surface area (Å²) in [4.78, 5) is 4.30. The highest BCUT2D eigenvalue weighted by Gasteiger charge is 2.37. The molecule has 1 aliphatic rings. The molecule has 0 aromatic carbocycles. The van der Waals surface area contributed by atoms with Crippen LogP contribution in [0.25, 0.3) is 0 Å². The maximum Gasteiger partial charge on any atom is 0.144 e. The molecule has 0 radical (unpaired) electrons. The molecule has 4 heteroatoms. The fourth-order valence-corrected chi connectivity index (χ4v) is 3.29. The quantitative estimate of drug-likeness (QED) is 0.862. The number of pyridine rings is 1. The molecule has 1 aromatic rings. The lowest BCUT2D eigenvalue weighted by Gasteiger charge is -2.46. The molecule has 0 saturated carbocycles. The Hall–Kier alpha value is -0.800. The van der Waals surface area contributed by atoms with Gasteiger partial charge in [0.05, 0.1) is 5.02 Å². The SMILES string of the molecule is CC1(C)CC(Nc2ncccc2Cl)CC(C)(C)N1. The molecule has 18 heavy (non-hydrogen) atoms. The van der Waals surface area contributed by atoms with Crippen molar-refractivity contribution in [1.29, 1.82) is 0 Å². The highest BCUT2D eigenvalue weighted by atomic mass is 35.5. The Morgan fingerprint density at radius 3 is 2.44 bits per heavy atom. The van der Waals surface area contributed by atoms with Gasteiger partial charge in [-0.1, -0.05) is 11.6 Å². The van der Waals surface area contributed by atoms with E-state index in [0.29, 0.717) is 11.1 Å². The van der Waals surface area contributed by atoms with Crippen LogP contribution in [0.4, 0.5) is 5.82 Å². The van der Waals surface area contributed by atoms with Gasteiger partial charge in [-0.25, -0.2) is 4.98 Å². The van der Waals surface area contributed by atoms with E-state index in [2.05, 4.69) is 43.3 Å². The van der Waals surface area contributed by atoms with E-state index in [0.717, 1.165) is 18.7 Å². The molecule has 0 unspecified atom stereocenters. The van der Waals surface area contributed by atoms with Crippen LogP contribution in [0.1, 0.15) is 40.5 Å². The molecular formula is C14H22ClN3. The fraction of sp³-hybridized carbons (Fsp3) is 0.643. The van der Waals surface area contributed by atoms with Crippen LogP contribution >= 0.6 is 11.6 Å². The van der Waals surface area contributed by atoms with Gasteiger partial charge in [0.25, 0.3) is 0 Å². The lowest BCUT2D eigenvalue weighted by Crippen LogP contribution is -2.60. The molecule has 1 saturated heterocycles. The van der Waals surface area contributed by atoms with Gasteiger partial charge in [0, 0.05) is 23.3 Å². The van der Waals surface area contributed by atoms with E-state index >= 15 is 0 Å². The van der Waals surface area contributed by atoms with Crippen LogP contribution < -0.4 is 10.6 Å². The zero-order valence-electron chi connectivity index (χ0n) is 11.5. The summed E-state index contributed by atoms with van der Waals surface area (Å²) in [7, 11) is 0. The third kappa shape index (κ3) is 3.36. The zero-order valence-corrected chi connectivity index (χ0v) is 12.3. The van der Waals surface area contributed by atoms with E-state index in [1.165, 1.54) is 0 Å². The summed E-state index contributed by atoms with van der Waals surface area (Å²) in [6.07, 6.45) is 3.89. The molecule has 1 aliphatic heterocycles. The highest BCUT2D eigenvalue weighted by molar-refractivity contribution is 6.32. The van der Waals surface area contributed by atoms with Gasteiger partial charge in [0.15, 0.2) is 0 Å². The minimum atomic E-state index is 0.126. The predicted octanol–water partition coefficient (Wildman–Crippen LogP) is 3.46. The second-order valence-electron chi connectivity index (χ2n) is 6.48. The summed E-state index contributed by atoms with van der Waals surface area (Å²) in [6.45, 7) is 8.95. The summed E-state index contributed by atoms with van der Waals surface area (Å²) >= 11 is 6.14. The van der Waals surface area contributed by atoms with Gasteiger partial charge >= 0.3 is 0 Å². The fourth-order valence-electron chi connectivity index (χ4n) is 3.11. The number of piperidine rings is 1. The summed E-state index contributed by atoms with van der Waals surface area (Å²) in [5, 5.41) is 7.83. The van der Waals surface area contributed by atoms with E-state index in [4.69, 9.17) is 11.6 Å². The van der Waals surface area contributed by atoms with Crippen LogP contribution in [-0.2, 0) is 0 Å². The Morgan fingerprint density at radius 1 is 1.28 bits per heavy atom. The second kappa shape index (κ2) is 4.71. The first-order valence-corrected chi connectivity index (χ1v) is 6.82. The monoisotopic (exact) mass is 267 g/mol. The molecule has 0 bridgehead atoms. The number of halogens is 1. The summed E-state index contributed by atoms with van der Waals surface area (Å²) < 4.78 is 0. The standard InChI is InChI=1S/C14H22ClN3/c1-13(2)8-10(9-14(3,4)18-13)17-12-11(15)6-5-7-16-12/h5-7,10,18H,8-9H2,1-4H3,(H,16,17). The number of anilines is 1. The number of hydrogen-bond donors (Lipinski definition) is 2. The maximum atomic E-state index is 6.14. The molecular weight excluding hydrogens is 246 g/mol. The molecule has 0 spiro atoms. The van der Waals surface area contributed by atoms with Gasteiger partial charge in [-0.2, -0.15) is 0 Å². The van der Waals surface area contributed by atoms with Crippen molar-refractivity contribution in [1.82, 2.24) is 10.3 Å². The van der Waals surface area contributed by atoms with E-state index in [1.54, 1.807) is 6.20 Å². The first kappa shape index (κ1) is 13.6. The van der Waals surface area contributed by atoms with Gasteiger partial charge in [-0.05, 0) is 52.7 Å². The molecule has 1 fully saturated rings. The van der Waals surface area contributed by atoms with Crippen LogP contribution in [0, 0.1) is 0 Å². The number of nitrogens with one attached hydrogen (secondary N) is 2. The van der Waals surface area contributed by atoms with Crippen molar-refractivity contribution in [3.05, 3.63) is 23.4 Å². The summed E-state index contributed by atoms with van der Waals surface area (Å²) in [5.74, 6) is 0.790. The van der Waals surface area contributed by atoms with Crippen LogP contribution in [0.3, 0.4) is 0 Å². The van der Waals surface area contributed by atoms with Gasteiger partial charge in [0.2, 0.25) is 0 Å². The van der Waals surface area contributed by atoms with Crippen molar-refractivity contribution < 1.29 is 0 Å². The van der Waals surface area contributed by atoms with Crippen LogP contribution in [-0.4, -0.2) is 22.1 Å². The molecule has 1 aromatic heterocycles. The molecule has 0 aliphatic carbocycles. The van der Waals surface area contributed by atoms with E-state index < -0.39 is 0 Å². The Bertz CT molecular complexity index is 413. The molecule has 0 amide bonds. The molecule has 100 valence electrons. The molecule has 2 N–H and O–H groups in total. The highest BCUT2D eigenvalue weighted by Crippen LogP contribution is 2.31. The largest absolute Gasteiger partial charge is 0.366 e. The lowest BCUT2D eigenvalue weighted by atomic mass is 9.79. The normalized spacial score (nSPS) is 22.7. The molecule has 3 nitrogen and oxygen atoms in total. The average Bonchev–Trinajstić information content (AvgIpc) is 2.16. The Balaban J connectivity index is 2.12.